The first-order valence-electron chi connectivity index (χ1n) is 6.40. The number of nitrogens with zero attached hydrogens (tertiary/aromatic N) is 2. The van der Waals surface area contributed by atoms with Gasteiger partial charge < -0.3 is 14.3 Å². The van der Waals surface area contributed by atoms with Crippen LogP contribution < -0.4 is 5.32 Å². The molecule has 0 aliphatic carbocycles. The Morgan fingerprint density at radius 2 is 2.25 bits per heavy atom. The Bertz CT molecular complexity index is 694. The van der Waals surface area contributed by atoms with E-state index in [0.717, 1.165) is 34.2 Å². The van der Waals surface area contributed by atoms with Crippen LogP contribution >= 0.6 is 15.9 Å². The molecule has 0 saturated carbocycles. The molecule has 6 heteroatoms. The molecule has 0 radical (unpaired) electrons. The van der Waals surface area contributed by atoms with Gasteiger partial charge in [0.1, 0.15) is 11.3 Å². The molecule has 1 unspecified atom stereocenters. The molecular formula is C14H14BrN3O2. The highest BCUT2D eigenvalue weighted by Gasteiger charge is 2.11. The van der Waals surface area contributed by atoms with Crippen LogP contribution in [0.25, 0.3) is 11.0 Å². The van der Waals surface area contributed by atoms with E-state index in [9.17, 15) is 0 Å². The first-order valence-corrected chi connectivity index (χ1v) is 7.19. The molecule has 0 spiro atoms. The average Bonchev–Trinajstić information content (AvgIpc) is 3.06. The minimum atomic E-state index is 0.132. The predicted octanol–water partition coefficient (Wildman–Crippen LogP) is 3.47. The minimum absolute atomic E-state index is 0.132. The van der Waals surface area contributed by atoms with Crippen molar-refractivity contribution in [3.63, 3.8) is 0 Å². The number of benzene rings is 1. The van der Waals surface area contributed by atoms with Gasteiger partial charge in [0.2, 0.25) is 6.39 Å². The lowest BCUT2D eigenvalue weighted by Crippen LogP contribution is -2.21. The highest BCUT2D eigenvalue weighted by atomic mass is 79.9. The Kier molecular flexibility index (Phi) is 3.84. The summed E-state index contributed by atoms with van der Waals surface area (Å²) in [6.45, 7) is 2.84. The molecule has 1 aromatic carbocycles. The number of hydrogen-bond donors (Lipinski definition) is 1. The molecule has 0 aliphatic rings. The molecule has 2 aromatic heterocycles. The van der Waals surface area contributed by atoms with Crippen molar-refractivity contribution < 1.29 is 8.94 Å². The largest absolute Gasteiger partial charge is 0.459 e. The van der Waals surface area contributed by atoms with Gasteiger partial charge in [-0.3, -0.25) is 0 Å². The first kappa shape index (κ1) is 13.3. The van der Waals surface area contributed by atoms with Gasteiger partial charge in [0, 0.05) is 22.8 Å². The highest BCUT2D eigenvalue weighted by Crippen LogP contribution is 2.26. The van der Waals surface area contributed by atoms with E-state index in [4.69, 9.17) is 8.94 Å². The van der Waals surface area contributed by atoms with E-state index in [1.165, 1.54) is 6.39 Å². The van der Waals surface area contributed by atoms with E-state index in [-0.39, 0.29) is 6.04 Å². The number of nitrogens with one attached hydrogen (secondary N) is 1. The molecule has 3 aromatic rings. The van der Waals surface area contributed by atoms with Crippen LogP contribution in [0.4, 0.5) is 0 Å². The van der Waals surface area contributed by atoms with Crippen molar-refractivity contribution in [2.45, 2.75) is 19.4 Å². The van der Waals surface area contributed by atoms with Crippen molar-refractivity contribution in [2.75, 3.05) is 6.54 Å². The standard InChI is InChI=1S/C14H14BrN3O2/c1-9(16-5-4-14-17-8-19-18-14)13-7-10-6-11(15)2-3-12(10)20-13/h2-3,6-9,16H,4-5H2,1H3. The topological polar surface area (TPSA) is 64.1 Å². The van der Waals surface area contributed by atoms with Crippen LogP contribution in [0.15, 0.2) is 44.1 Å². The number of hydrogen-bond acceptors (Lipinski definition) is 5. The smallest absolute Gasteiger partial charge is 0.213 e. The molecule has 3 rings (SSSR count). The maximum atomic E-state index is 5.84. The average molecular weight is 336 g/mol. The number of aromatic nitrogens is 2. The molecule has 0 fully saturated rings. The molecule has 5 nitrogen and oxygen atoms in total. The molecule has 1 atom stereocenters. The van der Waals surface area contributed by atoms with E-state index < -0.39 is 0 Å². The van der Waals surface area contributed by atoms with Crippen molar-refractivity contribution in [2.24, 2.45) is 0 Å². The summed E-state index contributed by atoms with van der Waals surface area (Å²) in [4.78, 5) is 3.98. The second-order valence-electron chi connectivity index (χ2n) is 4.60. The summed E-state index contributed by atoms with van der Waals surface area (Å²) in [6.07, 6.45) is 2.07. The molecule has 20 heavy (non-hydrogen) atoms. The van der Waals surface area contributed by atoms with Crippen LogP contribution in [0.5, 0.6) is 0 Å². The van der Waals surface area contributed by atoms with Gasteiger partial charge in [-0.05, 0) is 31.2 Å². The maximum Gasteiger partial charge on any atom is 0.213 e. The van der Waals surface area contributed by atoms with Crippen molar-refractivity contribution in [1.29, 1.82) is 0 Å². The van der Waals surface area contributed by atoms with Gasteiger partial charge >= 0.3 is 0 Å². The fourth-order valence-corrected chi connectivity index (χ4v) is 2.43. The zero-order chi connectivity index (χ0) is 13.9. The van der Waals surface area contributed by atoms with Gasteiger partial charge in [-0.15, -0.1) is 0 Å². The van der Waals surface area contributed by atoms with Crippen molar-refractivity contribution in [3.8, 4) is 0 Å². The lowest BCUT2D eigenvalue weighted by Gasteiger charge is -2.09. The Morgan fingerprint density at radius 1 is 1.35 bits per heavy atom. The fraction of sp³-hybridized carbons (Fsp3) is 0.286. The van der Waals surface area contributed by atoms with Crippen molar-refractivity contribution in [1.82, 2.24) is 15.5 Å². The van der Waals surface area contributed by atoms with Gasteiger partial charge in [0.15, 0.2) is 5.82 Å². The number of furan rings is 1. The molecule has 0 bridgehead atoms. The van der Waals surface area contributed by atoms with Gasteiger partial charge in [-0.25, -0.2) is 0 Å². The highest BCUT2D eigenvalue weighted by molar-refractivity contribution is 9.10. The molecule has 0 aliphatic heterocycles. The second kappa shape index (κ2) is 5.76. The van der Waals surface area contributed by atoms with E-state index in [1.54, 1.807) is 0 Å². The monoisotopic (exact) mass is 335 g/mol. The lowest BCUT2D eigenvalue weighted by molar-refractivity contribution is 0.406. The van der Waals surface area contributed by atoms with E-state index >= 15 is 0 Å². The van der Waals surface area contributed by atoms with E-state index in [1.807, 2.05) is 18.2 Å². The number of halogens is 1. The molecule has 104 valence electrons. The fourth-order valence-electron chi connectivity index (χ4n) is 2.05. The normalized spacial score (nSPS) is 12.9. The van der Waals surface area contributed by atoms with Crippen LogP contribution in [-0.2, 0) is 6.42 Å². The Balaban J connectivity index is 1.64. The zero-order valence-electron chi connectivity index (χ0n) is 11.0. The van der Waals surface area contributed by atoms with Crippen LogP contribution in [-0.4, -0.2) is 16.7 Å². The maximum absolute atomic E-state index is 5.84. The lowest BCUT2D eigenvalue weighted by atomic mass is 10.2. The van der Waals surface area contributed by atoms with E-state index in [2.05, 4.69) is 44.4 Å². The summed E-state index contributed by atoms with van der Waals surface area (Å²) in [7, 11) is 0. The Morgan fingerprint density at radius 3 is 3.05 bits per heavy atom. The van der Waals surface area contributed by atoms with Gasteiger partial charge in [0.05, 0.1) is 6.04 Å². The summed E-state index contributed by atoms with van der Waals surface area (Å²) < 4.78 is 11.6. The number of fused-ring (bicyclic) bond motifs is 1. The Hall–Kier alpha value is -1.66. The summed E-state index contributed by atoms with van der Waals surface area (Å²) in [6, 6.07) is 8.19. The third-order valence-electron chi connectivity index (χ3n) is 3.13. The van der Waals surface area contributed by atoms with Crippen LogP contribution in [0.3, 0.4) is 0 Å². The van der Waals surface area contributed by atoms with E-state index in [0.29, 0.717) is 5.82 Å². The first-order chi connectivity index (χ1) is 9.72. The van der Waals surface area contributed by atoms with Crippen LogP contribution in [0, 0.1) is 0 Å². The summed E-state index contributed by atoms with van der Waals surface area (Å²) in [5.74, 6) is 1.63. The summed E-state index contributed by atoms with van der Waals surface area (Å²) >= 11 is 3.46. The van der Waals surface area contributed by atoms with Crippen molar-refractivity contribution in [3.05, 3.63) is 46.7 Å². The summed E-state index contributed by atoms with van der Waals surface area (Å²) in [5, 5.41) is 8.26. The van der Waals surface area contributed by atoms with Gasteiger partial charge in [-0.2, -0.15) is 4.98 Å². The minimum Gasteiger partial charge on any atom is -0.459 e. The van der Waals surface area contributed by atoms with Gasteiger partial charge in [-0.1, -0.05) is 21.1 Å². The Labute approximate surface area is 124 Å². The number of rotatable bonds is 5. The predicted molar refractivity (Wildman–Crippen MR) is 78.3 cm³/mol. The molecular weight excluding hydrogens is 322 g/mol. The second-order valence-corrected chi connectivity index (χ2v) is 5.52. The molecule has 0 amide bonds. The summed E-state index contributed by atoms with van der Waals surface area (Å²) in [5.41, 5.74) is 0.898. The SMILES string of the molecule is CC(NCCc1ncon1)c1cc2cc(Br)ccc2o1. The van der Waals surface area contributed by atoms with Crippen LogP contribution in [0.1, 0.15) is 24.6 Å². The molecule has 0 saturated heterocycles. The third-order valence-corrected chi connectivity index (χ3v) is 3.62. The molecule has 2 heterocycles. The third kappa shape index (κ3) is 2.91. The van der Waals surface area contributed by atoms with Crippen molar-refractivity contribution >= 4 is 26.9 Å². The van der Waals surface area contributed by atoms with Crippen LogP contribution in [0.2, 0.25) is 0 Å². The quantitative estimate of drug-likeness (QED) is 0.773. The molecule has 1 N–H and O–H groups in total. The zero-order valence-corrected chi connectivity index (χ0v) is 12.6. The van der Waals surface area contributed by atoms with Gasteiger partial charge in [0.25, 0.3) is 0 Å².